The summed E-state index contributed by atoms with van der Waals surface area (Å²) >= 11 is 0. The molecule has 3 N–H and O–H groups in total. The average molecular weight is 230 g/mol. The van der Waals surface area contributed by atoms with Gasteiger partial charge in [-0.3, -0.25) is 11.3 Å². The third-order valence-corrected chi connectivity index (χ3v) is 4.85. The highest BCUT2D eigenvalue weighted by Crippen LogP contribution is 2.59. The van der Waals surface area contributed by atoms with Crippen LogP contribution in [0, 0.1) is 24.7 Å². The summed E-state index contributed by atoms with van der Waals surface area (Å²) in [5, 5.41) is 0. The quantitative estimate of drug-likeness (QED) is 0.616. The second-order valence-corrected chi connectivity index (χ2v) is 5.74. The van der Waals surface area contributed by atoms with Gasteiger partial charge in [-0.2, -0.15) is 0 Å². The molecule has 0 spiro atoms. The first-order valence-corrected chi connectivity index (χ1v) is 6.82. The fourth-order valence-electron chi connectivity index (χ4n) is 3.86. The molecule has 1 aromatic carbocycles. The standard InChI is InChI=1S/C15H22N2/c1-10-5-2-3-6-11(10)9-14(17-16)15-12-7-4-8-13(12)15/h2-3,5-6,12-15,17H,4,7-9,16H2,1H3. The van der Waals surface area contributed by atoms with Crippen molar-refractivity contribution < 1.29 is 0 Å². The van der Waals surface area contributed by atoms with Crippen molar-refractivity contribution in [2.24, 2.45) is 23.6 Å². The molecular weight excluding hydrogens is 208 g/mol. The minimum atomic E-state index is 0.478. The molecule has 0 saturated heterocycles. The molecule has 2 saturated carbocycles. The Labute approximate surface area is 104 Å². The largest absolute Gasteiger partial charge is 0.271 e. The summed E-state index contributed by atoms with van der Waals surface area (Å²) in [5.41, 5.74) is 5.90. The second-order valence-electron chi connectivity index (χ2n) is 5.74. The summed E-state index contributed by atoms with van der Waals surface area (Å²) < 4.78 is 0. The number of nitrogens with two attached hydrogens (primary N) is 1. The molecule has 0 bridgehead atoms. The van der Waals surface area contributed by atoms with E-state index >= 15 is 0 Å². The van der Waals surface area contributed by atoms with Crippen LogP contribution in [0.2, 0.25) is 0 Å². The van der Waals surface area contributed by atoms with E-state index in [1.165, 1.54) is 30.4 Å². The molecule has 0 amide bonds. The number of hydrogen-bond acceptors (Lipinski definition) is 2. The fourth-order valence-corrected chi connectivity index (χ4v) is 3.86. The predicted octanol–water partition coefficient (Wildman–Crippen LogP) is 2.42. The van der Waals surface area contributed by atoms with E-state index in [1.54, 1.807) is 0 Å². The molecule has 2 heteroatoms. The highest BCUT2D eigenvalue weighted by atomic mass is 15.2. The molecule has 92 valence electrons. The lowest BCUT2D eigenvalue weighted by atomic mass is 9.95. The van der Waals surface area contributed by atoms with Crippen LogP contribution in [0.3, 0.4) is 0 Å². The molecule has 2 aliphatic carbocycles. The number of benzene rings is 1. The molecule has 0 radical (unpaired) electrons. The van der Waals surface area contributed by atoms with E-state index in [2.05, 4.69) is 36.6 Å². The molecule has 2 fully saturated rings. The van der Waals surface area contributed by atoms with Gasteiger partial charge in [-0.1, -0.05) is 30.7 Å². The van der Waals surface area contributed by atoms with Crippen molar-refractivity contribution in [2.45, 2.75) is 38.6 Å². The maximum Gasteiger partial charge on any atom is 0.0284 e. The molecule has 2 nitrogen and oxygen atoms in total. The minimum Gasteiger partial charge on any atom is -0.271 e. The molecule has 2 aliphatic rings. The van der Waals surface area contributed by atoms with E-state index in [4.69, 9.17) is 5.84 Å². The first-order valence-electron chi connectivity index (χ1n) is 6.82. The number of nitrogens with one attached hydrogen (secondary N) is 1. The summed E-state index contributed by atoms with van der Waals surface area (Å²) in [5.74, 6) is 8.55. The molecular formula is C15H22N2. The lowest BCUT2D eigenvalue weighted by Crippen LogP contribution is -2.39. The molecule has 17 heavy (non-hydrogen) atoms. The van der Waals surface area contributed by atoms with Crippen molar-refractivity contribution in [1.82, 2.24) is 5.43 Å². The van der Waals surface area contributed by atoms with Crippen LogP contribution in [0.25, 0.3) is 0 Å². The lowest BCUT2D eigenvalue weighted by molar-refractivity contribution is 0.409. The Morgan fingerprint density at radius 1 is 1.29 bits per heavy atom. The van der Waals surface area contributed by atoms with E-state index in [9.17, 15) is 0 Å². The first kappa shape index (κ1) is 11.2. The Hall–Kier alpha value is -0.860. The Kier molecular flexibility index (Phi) is 2.93. The summed E-state index contributed by atoms with van der Waals surface area (Å²) in [6, 6.07) is 9.14. The zero-order chi connectivity index (χ0) is 11.8. The topological polar surface area (TPSA) is 38.0 Å². The lowest BCUT2D eigenvalue weighted by Gasteiger charge is -2.19. The van der Waals surface area contributed by atoms with Crippen molar-refractivity contribution in [3.8, 4) is 0 Å². The Morgan fingerprint density at radius 2 is 2.00 bits per heavy atom. The van der Waals surface area contributed by atoms with Gasteiger partial charge in [0.25, 0.3) is 0 Å². The van der Waals surface area contributed by atoms with E-state index in [0.717, 1.165) is 24.2 Å². The third kappa shape index (κ3) is 2.00. The first-order chi connectivity index (χ1) is 8.31. The van der Waals surface area contributed by atoms with Gasteiger partial charge in [0.05, 0.1) is 0 Å². The van der Waals surface area contributed by atoms with Crippen LogP contribution >= 0.6 is 0 Å². The number of hydrogen-bond donors (Lipinski definition) is 2. The van der Waals surface area contributed by atoms with Crippen LogP contribution in [0.5, 0.6) is 0 Å². The molecule has 3 atom stereocenters. The molecule has 3 rings (SSSR count). The third-order valence-electron chi connectivity index (χ3n) is 4.85. The zero-order valence-electron chi connectivity index (χ0n) is 10.5. The molecule has 3 unspecified atom stereocenters. The smallest absolute Gasteiger partial charge is 0.0284 e. The number of rotatable bonds is 4. The monoisotopic (exact) mass is 230 g/mol. The van der Waals surface area contributed by atoms with Crippen LogP contribution in [0.4, 0.5) is 0 Å². The maximum atomic E-state index is 5.76. The summed E-state index contributed by atoms with van der Waals surface area (Å²) in [7, 11) is 0. The minimum absolute atomic E-state index is 0.478. The maximum absolute atomic E-state index is 5.76. The highest BCUT2D eigenvalue weighted by molar-refractivity contribution is 5.27. The van der Waals surface area contributed by atoms with Crippen molar-refractivity contribution in [1.29, 1.82) is 0 Å². The van der Waals surface area contributed by atoms with Gasteiger partial charge in [0.15, 0.2) is 0 Å². The van der Waals surface area contributed by atoms with Crippen LogP contribution in [0.15, 0.2) is 24.3 Å². The number of hydrazine groups is 1. The van der Waals surface area contributed by atoms with E-state index in [0.29, 0.717) is 6.04 Å². The van der Waals surface area contributed by atoms with Gasteiger partial charge in [-0.25, -0.2) is 0 Å². The van der Waals surface area contributed by atoms with Crippen LogP contribution in [0.1, 0.15) is 30.4 Å². The van der Waals surface area contributed by atoms with Gasteiger partial charge in [0.2, 0.25) is 0 Å². The van der Waals surface area contributed by atoms with Gasteiger partial charge in [0.1, 0.15) is 0 Å². The van der Waals surface area contributed by atoms with Crippen LogP contribution in [-0.4, -0.2) is 6.04 Å². The number of aryl methyl sites for hydroxylation is 1. The highest BCUT2D eigenvalue weighted by Gasteiger charge is 2.55. The SMILES string of the molecule is Cc1ccccc1CC(NN)C1C2CCCC21. The van der Waals surface area contributed by atoms with E-state index in [-0.39, 0.29) is 0 Å². The molecule has 0 aromatic heterocycles. The normalized spacial score (nSPS) is 32.2. The van der Waals surface area contributed by atoms with Crippen molar-refractivity contribution in [3.05, 3.63) is 35.4 Å². The Bertz CT molecular complexity index is 392. The fraction of sp³-hybridized carbons (Fsp3) is 0.600. The molecule has 0 aliphatic heterocycles. The van der Waals surface area contributed by atoms with Crippen LogP contribution < -0.4 is 11.3 Å². The Morgan fingerprint density at radius 3 is 2.65 bits per heavy atom. The number of fused-ring (bicyclic) bond motifs is 1. The summed E-state index contributed by atoms with van der Waals surface area (Å²) in [6.45, 7) is 2.19. The van der Waals surface area contributed by atoms with Gasteiger partial charge >= 0.3 is 0 Å². The Balaban J connectivity index is 1.69. The van der Waals surface area contributed by atoms with Crippen molar-refractivity contribution in [2.75, 3.05) is 0 Å². The molecule has 0 heterocycles. The van der Waals surface area contributed by atoms with E-state index < -0.39 is 0 Å². The van der Waals surface area contributed by atoms with E-state index in [1.807, 2.05) is 0 Å². The van der Waals surface area contributed by atoms with Gasteiger partial charge in [-0.05, 0) is 55.1 Å². The summed E-state index contributed by atoms with van der Waals surface area (Å²) in [4.78, 5) is 0. The van der Waals surface area contributed by atoms with Crippen LogP contribution in [-0.2, 0) is 6.42 Å². The molecule has 1 aromatic rings. The predicted molar refractivity (Wildman–Crippen MR) is 70.3 cm³/mol. The van der Waals surface area contributed by atoms with Crippen molar-refractivity contribution in [3.63, 3.8) is 0 Å². The van der Waals surface area contributed by atoms with Gasteiger partial charge < -0.3 is 0 Å². The van der Waals surface area contributed by atoms with Crippen molar-refractivity contribution >= 4 is 0 Å². The second kappa shape index (κ2) is 4.43. The summed E-state index contributed by atoms with van der Waals surface area (Å²) in [6.07, 6.45) is 5.39. The van der Waals surface area contributed by atoms with Gasteiger partial charge in [-0.15, -0.1) is 0 Å². The average Bonchev–Trinajstić information content (AvgIpc) is 2.82. The van der Waals surface area contributed by atoms with Gasteiger partial charge in [0, 0.05) is 6.04 Å². The zero-order valence-corrected chi connectivity index (χ0v) is 10.5.